The van der Waals surface area contributed by atoms with Gasteiger partial charge in [0.25, 0.3) is 5.91 Å². The van der Waals surface area contributed by atoms with Crippen molar-refractivity contribution in [1.82, 2.24) is 24.6 Å². The van der Waals surface area contributed by atoms with E-state index in [-0.39, 0.29) is 0 Å². The first-order chi connectivity index (χ1) is 13.6. The Bertz CT molecular complexity index is 1200. The highest BCUT2D eigenvalue weighted by atomic mass is 16.5. The van der Waals surface area contributed by atoms with Gasteiger partial charge in [-0.15, -0.1) is 0 Å². The summed E-state index contributed by atoms with van der Waals surface area (Å²) in [5.74, 6) is 0.202. The molecule has 1 aliphatic heterocycles. The average molecular weight is 377 g/mol. The summed E-state index contributed by atoms with van der Waals surface area (Å²) in [7, 11) is 0. The van der Waals surface area contributed by atoms with E-state index in [1.807, 2.05) is 24.4 Å². The Morgan fingerprint density at radius 2 is 2.07 bits per heavy atom. The highest BCUT2D eigenvalue weighted by Gasteiger charge is 2.23. The minimum Gasteiger partial charge on any atom is -0.378 e. The summed E-state index contributed by atoms with van der Waals surface area (Å²) in [4.78, 5) is 23.8. The number of rotatable bonds is 3. The van der Waals surface area contributed by atoms with Crippen LogP contribution in [0.1, 0.15) is 16.2 Å². The molecule has 0 atom stereocenters. The lowest BCUT2D eigenvalue weighted by molar-refractivity contribution is 0.0994. The van der Waals surface area contributed by atoms with Gasteiger partial charge in [-0.3, -0.25) is 14.3 Å². The van der Waals surface area contributed by atoms with Crippen LogP contribution in [-0.2, 0) is 4.74 Å². The molecule has 3 N–H and O–H groups in total. The van der Waals surface area contributed by atoms with Crippen LogP contribution in [0.15, 0.2) is 30.6 Å². The van der Waals surface area contributed by atoms with E-state index < -0.39 is 5.91 Å². The number of amides is 1. The normalized spacial score (nSPS) is 14.8. The molecule has 4 heterocycles. The van der Waals surface area contributed by atoms with Gasteiger partial charge in [-0.1, -0.05) is 12.1 Å². The lowest BCUT2D eigenvalue weighted by Gasteiger charge is -2.28. The minimum absolute atomic E-state index is 0.368. The molecule has 0 aliphatic carbocycles. The first-order valence-electron chi connectivity index (χ1n) is 9.08. The molecule has 9 heteroatoms. The molecule has 1 aliphatic rings. The van der Waals surface area contributed by atoms with E-state index in [9.17, 15) is 4.79 Å². The van der Waals surface area contributed by atoms with E-state index in [2.05, 4.69) is 20.1 Å². The Morgan fingerprint density at radius 1 is 1.25 bits per heavy atom. The number of aryl methyl sites for hydroxylation is 1. The van der Waals surface area contributed by atoms with Crippen molar-refractivity contribution in [1.29, 1.82) is 0 Å². The number of primary amides is 1. The summed E-state index contributed by atoms with van der Waals surface area (Å²) in [6.07, 6.45) is 3.60. The van der Waals surface area contributed by atoms with E-state index in [1.165, 1.54) is 0 Å². The maximum atomic E-state index is 12.1. The minimum atomic E-state index is -0.517. The largest absolute Gasteiger partial charge is 0.378 e. The molecule has 0 saturated carbocycles. The summed E-state index contributed by atoms with van der Waals surface area (Å²) in [6, 6.07) is 5.90. The van der Waals surface area contributed by atoms with Crippen molar-refractivity contribution < 1.29 is 9.53 Å². The van der Waals surface area contributed by atoms with Crippen molar-refractivity contribution in [2.45, 2.75) is 6.92 Å². The van der Waals surface area contributed by atoms with Crippen molar-refractivity contribution in [2.75, 3.05) is 31.2 Å². The summed E-state index contributed by atoms with van der Waals surface area (Å²) in [6.45, 7) is 4.45. The molecule has 3 aromatic heterocycles. The topological polar surface area (TPSA) is 114 Å². The first-order valence-corrected chi connectivity index (χ1v) is 9.08. The van der Waals surface area contributed by atoms with Crippen LogP contribution in [-0.4, -0.2) is 56.8 Å². The Kier molecular flexibility index (Phi) is 3.76. The molecule has 0 unspecified atom stereocenters. The number of carbonyl (C=O) groups excluding carboxylic acids is 1. The highest BCUT2D eigenvalue weighted by molar-refractivity contribution is 5.96. The number of anilines is 1. The fourth-order valence-corrected chi connectivity index (χ4v) is 3.75. The van der Waals surface area contributed by atoms with Gasteiger partial charge in [0.1, 0.15) is 5.69 Å². The van der Waals surface area contributed by atoms with Gasteiger partial charge >= 0.3 is 0 Å². The number of carbonyl (C=O) groups is 1. The third-order valence-electron chi connectivity index (χ3n) is 5.07. The highest BCUT2D eigenvalue weighted by Crippen LogP contribution is 2.31. The number of ether oxygens (including phenoxy) is 1. The van der Waals surface area contributed by atoms with Gasteiger partial charge in [0.2, 0.25) is 0 Å². The number of benzene rings is 1. The molecule has 5 rings (SSSR count). The van der Waals surface area contributed by atoms with Crippen molar-refractivity contribution in [3.8, 4) is 11.3 Å². The maximum Gasteiger partial charge on any atom is 0.267 e. The molecule has 142 valence electrons. The molecule has 1 amide bonds. The second kappa shape index (κ2) is 6.31. The van der Waals surface area contributed by atoms with Gasteiger partial charge in [-0.2, -0.15) is 5.10 Å². The van der Waals surface area contributed by atoms with E-state index in [0.29, 0.717) is 43.3 Å². The standard InChI is InChI=1S/C19H19N7O2/c1-11-16(17(20)27)26-10-15(12-3-2-4-14-13(12)9-21-24-14)23-18(19(26)22-11)25-5-7-28-8-6-25/h2-4,9-10H,5-8H2,1H3,(H2,20,27)(H,21,24). The van der Waals surface area contributed by atoms with Crippen LogP contribution >= 0.6 is 0 Å². The van der Waals surface area contributed by atoms with Gasteiger partial charge in [-0.25, -0.2) is 9.97 Å². The van der Waals surface area contributed by atoms with Gasteiger partial charge in [0, 0.05) is 30.2 Å². The number of morpholine rings is 1. The van der Waals surface area contributed by atoms with E-state index >= 15 is 0 Å². The lowest BCUT2D eigenvalue weighted by Crippen LogP contribution is -2.37. The summed E-state index contributed by atoms with van der Waals surface area (Å²) < 4.78 is 7.23. The Hall–Kier alpha value is -3.46. The molecular formula is C19H19N7O2. The number of nitrogens with zero attached hydrogens (tertiary/aromatic N) is 5. The molecule has 4 aromatic rings. The van der Waals surface area contributed by atoms with Crippen LogP contribution in [0.3, 0.4) is 0 Å². The van der Waals surface area contributed by atoms with Crippen molar-refractivity contribution >= 4 is 28.3 Å². The van der Waals surface area contributed by atoms with Crippen molar-refractivity contribution in [3.05, 3.63) is 42.0 Å². The summed E-state index contributed by atoms with van der Waals surface area (Å²) >= 11 is 0. The summed E-state index contributed by atoms with van der Waals surface area (Å²) in [5, 5.41) is 8.08. The number of hydrogen-bond donors (Lipinski definition) is 2. The van der Waals surface area contributed by atoms with Crippen LogP contribution in [0, 0.1) is 6.92 Å². The van der Waals surface area contributed by atoms with Crippen LogP contribution in [0.25, 0.3) is 27.8 Å². The van der Waals surface area contributed by atoms with Gasteiger partial charge < -0.3 is 15.4 Å². The molecule has 9 nitrogen and oxygen atoms in total. The Morgan fingerprint density at radius 3 is 2.86 bits per heavy atom. The number of hydrogen-bond acceptors (Lipinski definition) is 6. The van der Waals surface area contributed by atoms with Crippen LogP contribution in [0.5, 0.6) is 0 Å². The number of aromatic amines is 1. The second-order valence-corrected chi connectivity index (χ2v) is 6.79. The molecule has 0 radical (unpaired) electrons. The lowest BCUT2D eigenvalue weighted by atomic mass is 10.1. The van der Waals surface area contributed by atoms with Crippen LogP contribution < -0.4 is 10.6 Å². The molecule has 28 heavy (non-hydrogen) atoms. The molecule has 0 bridgehead atoms. The zero-order valence-electron chi connectivity index (χ0n) is 15.3. The predicted molar refractivity (Wildman–Crippen MR) is 104 cm³/mol. The molecule has 1 aromatic carbocycles. The number of aromatic nitrogens is 5. The average Bonchev–Trinajstić information content (AvgIpc) is 3.31. The fourth-order valence-electron chi connectivity index (χ4n) is 3.75. The maximum absolute atomic E-state index is 12.1. The molecular weight excluding hydrogens is 358 g/mol. The third-order valence-corrected chi connectivity index (χ3v) is 5.07. The Labute approximate surface area is 160 Å². The number of fused-ring (bicyclic) bond motifs is 2. The molecule has 1 saturated heterocycles. The fraction of sp³-hybridized carbons (Fsp3) is 0.263. The Balaban J connectivity index is 1.81. The van der Waals surface area contributed by atoms with E-state index in [4.69, 9.17) is 15.5 Å². The molecule has 1 fully saturated rings. The number of H-pyrrole nitrogens is 1. The number of imidazole rings is 1. The van der Waals surface area contributed by atoms with Crippen molar-refractivity contribution in [2.24, 2.45) is 5.73 Å². The smallest absolute Gasteiger partial charge is 0.267 e. The quantitative estimate of drug-likeness (QED) is 0.559. The monoisotopic (exact) mass is 377 g/mol. The van der Waals surface area contributed by atoms with E-state index in [0.717, 1.165) is 28.0 Å². The van der Waals surface area contributed by atoms with Crippen LogP contribution in [0.4, 0.5) is 5.82 Å². The van der Waals surface area contributed by atoms with Crippen molar-refractivity contribution in [3.63, 3.8) is 0 Å². The van der Waals surface area contributed by atoms with Gasteiger partial charge in [0.15, 0.2) is 11.5 Å². The molecule has 0 spiro atoms. The van der Waals surface area contributed by atoms with Crippen LogP contribution in [0.2, 0.25) is 0 Å². The van der Waals surface area contributed by atoms with Gasteiger partial charge in [-0.05, 0) is 13.0 Å². The van der Waals surface area contributed by atoms with E-state index in [1.54, 1.807) is 17.5 Å². The SMILES string of the molecule is Cc1nc2c(N3CCOCC3)nc(-c3cccc4[nH]ncc34)cn2c1C(N)=O. The second-order valence-electron chi connectivity index (χ2n) is 6.79. The first kappa shape index (κ1) is 16.7. The zero-order valence-corrected chi connectivity index (χ0v) is 15.3. The third kappa shape index (κ3) is 2.51. The summed E-state index contributed by atoms with van der Waals surface area (Å²) in [5.41, 5.74) is 9.79. The number of nitrogens with two attached hydrogens (primary N) is 1. The predicted octanol–water partition coefficient (Wildman–Crippen LogP) is 1.52. The van der Waals surface area contributed by atoms with Gasteiger partial charge in [0.05, 0.1) is 36.3 Å². The number of nitrogens with one attached hydrogen (secondary N) is 1. The zero-order chi connectivity index (χ0) is 19.3.